The van der Waals surface area contributed by atoms with Crippen molar-refractivity contribution in [2.45, 2.75) is 6.92 Å². The highest BCUT2D eigenvalue weighted by atomic mass is 16.3. The van der Waals surface area contributed by atoms with Crippen LogP contribution in [0.15, 0.2) is 41.1 Å². The number of aryl methyl sites for hydroxylation is 1. The fraction of sp³-hybridized carbons (Fsp3) is 0.0833. The van der Waals surface area contributed by atoms with Gasteiger partial charge in [-0.15, -0.1) is 0 Å². The van der Waals surface area contributed by atoms with E-state index in [2.05, 4.69) is 36.2 Å². The summed E-state index contributed by atoms with van der Waals surface area (Å²) in [4.78, 5) is 4.00. The van der Waals surface area contributed by atoms with Gasteiger partial charge in [0.2, 0.25) is 5.89 Å². The maximum absolute atomic E-state index is 5.08. The summed E-state index contributed by atoms with van der Waals surface area (Å²) in [7, 11) is 0. The van der Waals surface area contributed by atoms with Crippen molar-refractivity contribution in [3.63, 3.8) is 0 Å². The Morgan fingerprint density at radius 2 is 1.93 bits per heavy atom. The van der Waals surface area contributed by atoms with Crippen LogP contribution >= 0.6 is 0 Å². The molecule has 0 bridgehead atoms. The SMILES string of the molecule is Cc1ccc(C=Cc2ncco2)cc1. The average molecular weight is 185 g/mol. The number of aromatic nitrogens is 1. The van der Waals surface area contributed by atoms with Crippen molar-refractivity contribution in [3.05, 3.63) is 53.7 Å². The number of oxazole rings is 1. The quantitative estimate of drug-likeness (QED) is 0.718. The monoisotopic (exact) mass is 185 g/mol. The van der Waals surface area contributed by atoms with E-state index in [0.29, 0.717) is 5.89 Å². The highest BCUT2D eigenvalue weighted by Crippen LogP contribution is 2.07. The van der Waals surface area contributed by atoms with E-state index in [4.69, 9.17) is 4.42 Å². The predicted octanol–water partition coefficient (Wildman–Crippen LogP) is 3.15. The maximum atomic E-state index is 5.08. The minimum absolute atomic E-state index is 0.630. The molecular formula is C12H11NO. The summed E-state index contributed by atoms with van der Waals surface area (Å²) in [5, 5.41) is 0. The third-order valence-corrected chi connectivity index (χ3v) is 1.95. The number of benzene rings is 1. The Kier molecular flexibility index (Phi) is 2.45. The Balaban J connectivity index is 2.15. The van der Waals surface area contributed by atoms with Crippen molar-refractivity contribution in [2.75, 3.05) is 0 Å². The average Bonchev–Trinajstić information content (AvgIpc) is 2.70. The van der Waals surface area contributed by atoms with Gasteiger partial charge in [-0.2, -0.15) is 0 Å². The fourth-order valence-electron chi connectivity index (χ4n) is 1.16. The molecule has 2 aromatic rings. The molecule has 0 unspecified atom stereocenters. The number of hydrogen-bond donors (Lipinski definition) is 0. The lowest BCUT2D eigenvalue weighted by molar-refractivity contribution is 0.547. The second-order valence-electron chi connectivity index (χ2n) is 3.11. The van der Waals surface area contributed by atoms with Gasteiger partial charge in [0.25, 0.3) is 0 Å². The third kappa shape index (κ3) is 2.10. The molecule has 0 fully saturated rings. The number of hydrogen-bond acceptors (Lipinski definition) is 2. The van der Waals surface area contributed by atoms with Crippen LogP contribution in [-0.2, 0) is 0 Å². The summed E-state index contributed by atoms with van der Waals surface area (Å²) in [5.41, 5.74) is 2.41. The molecule has 2 nitrogen and oxygen atoms in total. The number of nitrogens with zero attached hydrogens (tertiary/aromatic N) is 1. The second kappa shape index (κ2) is 3.92. The smallest absolute Gasteiger partial charge is 0.218 e. The molecule has 0 atom stereocenters. The molecule has 2 heteroatoms. The van der Waals surface area contributed by atoms with E-state index in [1.165, 1.54) is 5.56 Å². The summed E-state index contributed by atoms with van der Waals surface area (Å²) >= 11 is 0. The molecule has 0 N–H and O–H groups in total. The highest BCUT2D eigenvalue weighted by molar-refractivity contribution is 5.65. The first-order chi connectivity index (χ1) is 6.84. The van der Waals surface area contributed by atoms with E-state index in [1.807, 2.05) is 12.2 Å². The molecule has 0 amide bonds. The van der Waals surface area contributed by atoms with Crippen molar-refractivity contribution in [1.29, 1.82) is 0 Å². The Bertz CT molecular complexity index is 412. The van der Waals surface area contributed by atoms with E-state index in [1.54, 1.807) is 12.5 Å². The zero-order valence-electron chi connectivity index (χ0n) is 7.97. The molecular weight excluding hydrogens is 174 g/mol. The van der Waals surface area contributed by atoms with E-state index < -0.39 is 0 Å². The zero-order chi connectivity index (χ0) is 9.80. The van der Waals surface area contributed by atoms with Crippen LogP contribution in [0.4, 0.5) is 0 Å². The van der Waals surface area contributed by atoms with Crippen LogP contribution in [-0.4, -0.2) is 4.98 Å². The molecule has 0 aliphatic rings. The van der Waals surface area contributed by atoms with Crippen LogP contribution in [0.3, 0.4) is 0 Å². The van der Waals surface area contributed by atoms with Gasteiger partial charge in [-0.25, -0.2) is 4.98 Å². The summed E-state index contributed by atoms with van der Waals surface area (Å²) in [5.74, 6) is 0.630. The first kappa shape index (κ1) is 8.75. The summed E-state index contributed by atoms with van der Waals surface area (Å²) in [6.45, 7) is 2.07. The lowest BCUT2D eigenvalue weighted by Gasteiger charge is -1.93. The van der Waals surface area contributed by atoms with Crippen molar-refractivity contribution in [3.8, 4) is 0 Å². The minimum atomic E-state index is 0.630. The molecule has 1 aromatic heterocycles. The second-order valence-corrected chi connectivity index (χ2v) is 3.11. The van der Waals surface area contributed by atoms with Gasteiger partial charge in [-0.3, -0.25) is 0 Å². The molecule has 0 aliphatic carbocycles. The van der Waals surface area contributed by atoms with Crippen LogP contribution in [0.5, 0.6) is 0 Å². The fourth-order valence-corrected chi connectivity index (χ4v) is 1.16. The molecule has 0 saturated heterocycles. The standard InChI is InChI=1S/C12H11NO/c1-10-2-4-11(5-3-10)6-7-12-13-8-9-14-12/h2-9H,1H3. The Morgan fingerprint density at radius 1 is 1.14 bits per heavy atom. The van der Waals surface area contributed by atoms with Crippen LogP contribution in [0.1, 0.15) is 17.0 Å². The van der Waals surface area contributed by atoms with Crippen LogP contribution in [0.25, 0.3) is 12.2 Å². The maximum Gasteiger partial charge on any atom is 0.218 e. The molecule has 14 heavy (non-hydrogen) atoms. The molecule has 0 radical (unpaired) electrons. The van der Waals surface area contributed by atoms with Crippen molar-refractivity contribution in [2.24, 2.45) is 0 Å². The van der Waals surface area contributed by atoms with Gasteiger partial charge in [-0.05, 0) is 18.6 Å². The van der Waals surface area contributed by atoms with E-state index in [9.17, 15) is 0 Å². The Labute approximate surface area is 82.9 Å². The van der Waals surface area contributed by atoms with Gasteiger partial charge < -0.3 is 4.42 Å². The Morgan fingerprint density at radius 3 is 2.57 bits per heavy atom. The summed E-state index contributed by atoms with van der Waals surface area (Å²) in [6.07, 6.45) is 7.03. The normalized spacial score (nSPS) is 10.9. The van der Waals surface area contributed by atoms with Crippen molar-refractivity contribution >= 4 is 12.2 Å². The Hall–Kier alpha value is -1.83. The van der Waals surface area contributed by atoms with Gasteiger partial charge in [0.1, 0.15) is 6.26 Å². The molecule has 70 valence electrons. The van der Waals surface area contributed by atoms with Gasteiger partial charge in [0, 0.05) is 6.08 Å². The zero-order valence-corrected chi connectivity index (χ0v) is 7.97. The lowest BCUT2D eigenvalue weighted by Crippen LogP contribution is -1.73. The lowest BCUT2D eigenvalue weighted by atomic mass is 10.1. The van der Waals surface area contributed by atoms with Crippen LogP contribution < -0.4 is 0 Å². The molecule has 0 aliphatic heterocycles. The van der Waals surface area contributed by atoms with Crippen LogP contribution in [0, 0.1) is 6.92 Å². The first-order valence-electron chi connectivity index (χ1n) is 4.49. The van der Waals surface area contributed by atoms with Gasteiger partial charge in [0.15, 0.2) is 0 Å². The predicted molar refractivity (Wildman–Crippen MR) is 56.6 cm³/mol. The highest BCUT2D eigenvalue weighted by Gasteiger charge is 1.90. The van der Waals surface area contributed by atoms with Gasteiger partial charge in [0.05, 0.1) is 6.20 Å². The summed E-state index contributed by atoms with van der Waals surface area (Å²) < 4.78 is 5.08. The van der Waals surface area contributed by atoms with E-state index in [0.717, 1.165) is 5.56 Å². The van der Waals surface area contributed by atoms with E-state index in [-0.39, 0.29) is 0 Å². The minimum Gasteiger partial charge on any atom is -0.445 e. The topological polar surface area (TPSA) is 26.0 Å². The largest absolute Gasteiger partial charge is 0.445 e. The van der Waals surface area contributed by atoms with Gasteiger partial charge >= 0.3 is 0 Å². The molecule has 0 saturated carbocycles. The molecule has 0 spiro atoms. The first-order valence-corrected chi connectivity index (χ1v) is 4.49. The number of rotatable bonds is 2. The summed E-state index contributed by atoms with van der Waals surface area (Å²) in [6, 6.07) is 8.29. The third-order valence-electron chi connectivity index (χ3n) is 1.95. The van der Waals surface area contributed by atoms with Crippen molar-refractivity contribution < 1.29 is 4.42 Å². The van der Waals surface area contributed by atoms with Crippen molar-refractivity contribution in [1.82, 2.24) is 4.98 Å². The molecule has 1 aromatic carbocycles. The van der Waals surface area contributed by atoms with Crippen LogP contribution in [0.2, 0.25) is 0 Å². The van der Waals surface area contributed by atoms with Gasteiger partial charge in [-0.1, -0.05) is 29.8 Å². The van der Waals surface area contributed by atoms with E-state index >= 15 is 0 Å². The molecule has 2 rings (SSSR count). The molecule has 1 heterocycles.